The van der Waals surface area contributed by atoms with E-state index >= 15 is 0 Å². The van der Waals surface area contributed by atoms with Crippen molar-refractivity contribution in [3.05, 3.63) is 87.4 Å². The van der Waals surface area contributed by atoms with Crippen molar-refractivity contribution in [2.24, 2.45) is 5.10 Å². The molecule has 35 heavy (non-hydrogen) atoms. The summed E-state index contributed by atoms with van der Waals surface area (Å²) in [4.78, 5) is 12.6. The number of hydrogen-bond acceptors (Lipinski definition) is 6. The van der Waals surface area contributed by atoms with Gasteiger partial charge in [-0.1, -0.05) is 29.8 Å². The Bertz CT molecular complexity index is 1310. The van der Waals surface area contributed by atoms with E-state index in [1.165, 1.54) is 14.2 Å². The number of hydrazone groups is 1. The number of benzene rings is 3. The fourth-order valence-electron chi connectivity index (χ4n) is 3.66. The number of ether oxygens (including phenoxy) is 3. The van der Waals surface area contributed by atoms with Gasteiger partial charge in [0.2, 0.25) is 0 Å². The molecule has 182 valence electrons. The van der Waals surface area contributed by atoms with Gasteiger partial charge in [0.15, 0.2) is 34.8 Å². The number of fused-ring (bicyclic) bond motifs is 1. The molecule has 11 heteroatoms. The summed E-state index contributed by atoms with van der Waals surface area (Å²) >= 11 is 5.95. The van der Waals surface area contributed by atoms with Crippen LogP contribution in [0.5, 0.6) is 11.5 Å². The first-order valence-corrected chi connectivity index (χ1v) is 10.5. The molecule has 0 saturated heterocycles. The Morgan fingerprint density at radius 2 is 1.69 bits per heavy atom. The molecular formula is C24H17ClF4N2O4. The molecule has 0 aliphatic carbocycles. The van der Waals surface area contributed by atoms with Crippen LogP contribution in [0.2, 0.25) is 5.02 Å². The summed E-state index contributed by atoms with van der Waals surface area (Å²) in [7, 11) is 2.80. The van der Waals surface area contributed by atoms with Gasteiger partial charge in [-0.25, -0.2) is 22.4 Å². The zero-order valence-corrected chi connectivity index (χ0v) is 19.1. The van der Waals surface area contributed by atoms with Crippen LogP contribution in [0.25, 0.3) is 0 Å². The topological polar surface area (TPSA) is 69.2 Å². The lowest BCUT2D eigenvalue weighted by Gasteiger charge is -2.15. The van der Waals surface area contributed by atoms with Gasteiger partial charge in [0.1, 0.15) is 17.4 Å². The number of carbonyl (C=O) groups is 1. The molecule has 0 radical (unpaired) electrons. The Hall–Kier alpha value is -3.79. The lowest BCUT2D eigenvalue weighted by Crippen LogP contribution is -2.12. The van der Waals surface area contributed by atoms with Crippen LogP contribution in [-0.2, 0) is 4.74 Å². The van der Waals surface area contributed by atoms with Crippen molar-refractivity contribution < 1.29 is 36.6 Å². The van der Waals surface area contributed by atoms with Gasteiger partial charge in [0.05, 0.1) is 19.9 Å². The van der Waals surface area contributed by atoms with Crippen LogP contribution < -0.4 is 14.9 Å². The average molecular weight is 509 g/mol. The minimum atomic E-state index is -1.64. The highest BCUT2D eigenvalue weighted by Crippen LogP contribution is 2.43. The number of nitrogens with zero attached hydrogens (tertiary/aromatic N) is 1. The third kappa shape index (κ3) is 4.61. The molecule has 0 bridgehead atoms. The third-order valence-electron chi connectivity index (χ3n) is 5.35. The van der Waals surface area contributed by atoms with Crippen LogP contribution in [0.3, 0.4) is 0 Å². The summed E-state index contributed by atoms with van der Waals surface area (Å²) < 4.78 is 71.5. The van der Waals surface area contributed by atoms with Crippen LogP contribution in [0.4, 0.5) is 23.2 Å². The van der Waals surface area contributed by atoms with Crippen molar-refractivity contribution >= 4 is 29.0 Å². The van der Waals surface area contributed by atoms with Crippen LogP contribution in [0, 0.1) is 23.3 Å². The first kappa shape index (κ1) is 24.3. The van der Waals surface area contributed by atoms with Crippen molar-refractivity contribution in [3.8, 4) is 11.5 Å². The maximum absolute atomic E-state index is 14.1. The Morgan fingerprint density at radius 3 is 2.29 bits per heavy atom. The van der Waals surface area contributed by atoms with E-state index < -0.39 is 41.0 Å². The van der Waals surface area contributed by atoms with E-state index in [-0.39, 0.29) is 29.5 Å². The monoisotopic (exact) mass is 508 g/mol. The molecule has 1 atom stereocenters. The molecule has 1 heterocycles. The number of rotatable bonds is 7. The van der Waals surface area contributed by atoms with E-state index in [0.29, 0.717) is 21.9 Å². The van der Waals surface area contributed by atoms with Crippen molar-refractivity contribution in [1.82, 2.24) is 0 Å². The molecule has 1 aliphatic heterocycles. The Labute approximate surface area is 202 Å². The summed E-state index contributed by atoms with van der Waals surface area (Å²) in [5.74, 6) is -6.59. The SMILES string of the molecule is COc1ccc2c(c1OC)C(=O)OC2C/C(=N/Nc1c(F)c(F)cc(F)c1F)c1ccc(Cl)cc1. The molecule has 1 N–H and O–H groups in total. The highest BCUT2D eigenvalue weighted by atomic mass is 35.5. The van der Waals surface area contributed by atoms with Gasteiger partial charge in [-0.3, -0.25) is 5.43 Å². The summed E-state index contributed by atoms with van der Waals surface area (Å²) in [6.45, 7) is 0. The maximum Gasteiger partial charge on any atom is 0.343 e. The second-order valence-corrected chi connectivity index (χ2v) is 7.82. The first-order valence-electron chi connectivity index (χ1n) is 10.1. The minimum Gasteiger partial charge on any atom is -0.493 e. The summed E-state index contributed by atoms with van der Waals surface area (Å²) in [6, 6.07) is 9.58. The van der Waals surface area contributed by atoms with E-state index in [1.54, 1.807) is 36.4 Å². The second-order valence-electron chi connectivity index (χ2n) is 7.38. The Balaban J connectivity index is 1.74. The van der Waals surface area contributed by atoms with E-state index in [1.807, 2.05) is 0 Å². The Morgan fingerprint density at radius 1 is 1.03 bits per heavy atom. The fourth-order valence-corrected chi connectivity index (χ4v) is 3.79. The van der Waals surface area contributed by atoms with Crippen LogP contribution in [-0.4, -0.2) is 25.9 Å². The molecule has 3 aromatic rings. The molecular weight excluding hydrogens is 492 g/mol. The summed E-state index contributed by atoms with van der Waals surface area (Å²) in [5.41, 5.74) is 2.21. The van der Waals surface area contributed by atoms with E-state index in [2.05, 4.69) is 10.5 Å². The highest BCUT2D eigenvalue weighted by Gasteiger charge is 2.36. The zero-order valence-electron chi connectivity index (χ0n) is 18.3. The van der Waals surface area contributed by atoms with Crippen LogP contribution >= 0.6 is 11.6 Å². The number of hydrogen-bond donors (Lipinski definition) is 1. The van der Waals surface area contributed by atoms with Crippen molar-refractivity contribution in [2.75, 3.05) is 19.6 Å². The van der Waals surface area contributed by atoms with Crippen molar-refractivity contribution in [3.63, 3.8) is 0 Å². The smallest absolute Gasteiger partial charge is 0.343 e. The molecule has 0 aromatic heterocycles. The zero-order chi connectivity index (χ0) is 25.3. The standard InChI is InChI=1S/C24H17ClF4N2O4/c1-33-17-8-7-13-18(35-24(32)19(13)23(17)34-2)10-16(11-3-5-12(25)6-4-11)30-31-22-20(28)14(26)9-15(27)21(22)29/h3-9,18,31H,10H2,1-2H3/b30-16-. The average Bonchev–Trinajstić information content (AvgIpc) is 3.17. The molecule has 0 spiro atoms. The molecule has 0 fully saturated rings. The molecule has 0 amide bonds. The lowest BCUT2D eigenvalue weighted by molar-refractivity contribution is 0.0398. The number of esters is 1. The van der Waals surface area contributed by atoms with E-state index in [0.717, 1.165) is 0 Å². The number of nitrogens with one attached hydrogen (secondary N) is 1. The van der Waals surface area contributed by atoms with Crippen LogP contribution in [0.15, 0.2) is 47.6 Å². The third-order valence-corrected chi connectivity index (χ3v) is 5.60. The molecule has 1 unspecified atom stereocenters. The normalized spacial score (nSPS) is 15.0. The Kier molecular flexibility index (Phi) is 6.83. The van der Waals surface area contributed by atoms with Crippen molar-refractivity contribution in [1.29, 1.82) is 0 Å². The second kappa shape index (κ2) is 9.83. The molecule has 1 aliphatic rings. The quantitative estimate of drug-likeness (QED) is 0.139. The van der Waals surface area contributed by atoms with Gasteiger partial charge in [-0.15, -0.1) is 0 Å². The van der Waals surface area contributed by atoms with Crippen LogP contribution in [0.1, 0.15) is 34.0 Å². The molecule has 6 nitrogen and oxygen atoms in total. The number of cyclic esters (lactones) is 1. The lowest BCUT2D eigenvalue weighted by atomic mass is 9.97. The minimum absolute atomic E-state index is 0.0656. The number of anilines is 1. The fraction of sp³-hybridized carbons (Fsp3) is 0.167. The first-order chi connectivity index (χ1) is 16.7. The predicted octanol–water partition coefficient (Wildman–Crippen LogP) is 6.03. The summed E-state index contributed by atoms with van der Waals surface area (Å²) in [6.07, 6.45) is -0.920. The van der Waals surface area contributed by atoms with Gasteiger partial charge in [0.25, 0.3) is 0 Å². The molecule has 3 aromatic carbocycles. The maximum atomic E-state index is 14.1. The van der Waals surface area contributed by atoms with Gasteiger partial charge >= 0.3 is 5.97 Å². The van der Waals surface area contributed by atoms with Gasteiger partial charge < -0.3 is 14.2 Å². The number of carbonyl (C=O) groups excluding carboxylic acids is 1. The highest BCUT2D eigenvalue weighted by molar-refractivity contribution is 6.30. The number of halogens is 5. The van der Waals surface area contributed by atoms with Gasteiger partial charge in [-0.2, -0.15) is 5.10 Å². The van der Waals surface area contributed by atoms with Crippen molar-refractivity contribution in [2.45, 2.75) is 12.5 Å². The predicted molar refractivity (Wildman–Crippen MR) is 120 cm³/mol. The largest absolute Gasteiger partial charge is 0.493 e. The van der Waals surface area contributed by atoms with E-state index in [9.17, 15) is 22.4 Å². The van der Waals surface area contributed by atoms with Gasteiger partial charge in [0, 0.05) is 23.1 Å². The summed E-state index contributed by atoms with van der Waals surface area (Å²) in [5, 5.41) is 4.42. The van der Waals surface area contributed by atoms with Gasteiger partial charge in [-0.05, 0) is 23.8 Å². The number of methoxy groups -OCH3 is 2. The van der Waals surface area contributed by atoms with E-state index in [4.69, 9.17) is 25.8 Å². The molecule has 4 rings (SSSR count). The molecule has 0 saturated carbocycles.